The van der Waals surface area contributed by atoms with Crippen molar-refractivity contribution in [3.63, 3.8) is 0 Å². The molecule has 26 heavy (non-hydrogen) atoms. The third-order valence-electron chi connectivity index (χ3n) is 5.64. The zero-order chi connectivity index (χ0) is 18.0. The second-order valence-electron chi connectivity index (χ2n) is 7.43. The molecule has 4 nitrogen and oxygen atoms in total. The minimum atomic E-state index is -3.34. The summed E-state index contributed by atoms with van der Waals surface area (Å²) in [5.41, 5.74) is 1.42. The fourth-order valence-corrected chi connectivity index (χ4v) is 5.39. The van der Waals surface area contributed by atoms with Gasteiger partial charge in [0.15, 0.2) is 0 Å². The summed E-state index contributed by atoms with van der Waals surface area (Å²) < 4.78 is 27.0. The van der Waals surface area contributed by atoms with Crippen molar-refractivity contribution in [1.82, 2.24) is 9.62 Å². The van der Waals surface area contributed by atoms with E-state index in [1.54, 1.807) is 28.6 Å². The number of sulfonamides is 1. The van der Waals surface area contributed by atoms with Crippen molar-refractivity contribution in [2.75, 3.05) is 19.6 Å². The number of hydrogen-bond donors (Lipinski definition) is 1. The molecule has 2 fully saturated rings. The van der Waals surface area contributed by atoms with Crippen LogP contribution in [0.15, 0.2) is 65.6 Å². The minimum absolute atomic E-state index is 0.403. The van der Waals surface area contributed by atoms with Gasteiger partial charge in [-0.15, -0.1) is 0 Å². The highest BCUT2D eigenvalue weighted by Crippen LogP contribution is 2.40. The van der Waals surface area contributed by atoms with Gasteiger partial charge in [-0.25, -0.2) is 8.42 Å². The van der Waals surface area contributed by atoms with E-state index in [9.17, 15) is 8.42 Å². The molecule has 0 spiro atoms. The molecule has 5 heteroatoms. The molecule has 1 saturated heterocycles. The lowest BCUT2D eigenvalue weighted by Gasteiger charge is -2.31. The number of nitrogens with one attached hydrogen (secondary N) is 1. The summed E-state index contributed by atoms with van der Waals surface area (Å²) in [5, 5.41) is 3.69. The largest absolute Gasteiger partial charge is 0.313 e. The molecule has 1 aliphatic carbocycles. The van der Waals surface area contributed by atoms with Gasteiger partial charge in [0.1, 0.15) is 0 Å². The van der Waals surface area contributed by atoms with E-state index in [2.05, 4.69) is 35.6 Å². The third kappa shape index (κ3) is 3.85. The molecule has 2 aromatic carbocycles. The Balaban J connectivity index is 1.25. The summed E-state index contributed by atoms with van der Waals surface area (Å²) >= 11 is 0. The summed E-state index contributed by atoms with van der Waals surface area (Å²) in [7, 11) is -3.34. The first-order valence-corrected chi connectivity index (χ1v) is 10.9. The lowest BCUT2D eigenvalue weighted by Crippen LogP contribution is -2.41. The van der Waals surface area contributed by atoms with Crippen molar-refractivity contribution in [2.24, 2.45) is 5.92 Å². The normalized spacial score (nSPS) is 24.5. The molecule has 0 bridgehead atoms. The van der Waals surface area contributed by atoms with E-state index in [4.69, 9.17) is 0 Å². The van der Waals surface area contributed by atoms with E-state index < -0.39 is 10.0 Å². The summed E-state index contributed by atoms with van der Waals surface area (Å²) in [4.78, 5) is 0.403. The van der Waals surface area contributed by atoms with Crippen LogP contribution in [0.25, 0.3) is 0 Å². The van der Waals surface area contributed by atoms with Crippen molar-refractivity contribution in [3.05, 3.63) is 66.2 Å². The highest BCUT2D eigenvalue weighted by Gasteiger charge is 2.38. The molecular weight excluding hydrogens is 344 g/mol. The average molecular weight is 371 g/mol. The minimum Gasteiger partial charge on any atom is -0.313 e. The van der Waals surface area contributed by atoms with Crippen molar-refractivity contribution in [2.45, 2.75) is 36.1 Å². The van der Waals surface area contributed by atoms with Gasteiger partial charge in [0.05, 0.1) is 4.90 Å². The molecule has 2 aliphatic rings. The van der Waals surface area contributed by atoms with E-state index in [1.807, 2.05) is 6.07 Å². The summed E-state index contributed by atoms with van der Waals surface area (Å²) in [6, 6.07) is 20.0. The number of benzene rings is 2. The van der Waals surface area contributed by atoms with Crippen LogP contribution in [0, 0.1) is 5.92 Å². The quantitative estimate of drug-likeness (QED) is 0.849. The third-order valence-corrected chi connectivity index (χ3v) is 7.55. The second-order valence-corrected chi connectivity index (χ2v) is 9.37. The zero-order valence-electron chi connectivity index (χ0n) is 14.9. The van der Waals surface area contributed by atoms with Gasteiger partial charge in [0, 0.05) is 25.0 Å². The topological polar surface area (TPSA) is 49.4 Å². The van der Waals surface area contributed by atoms with Crippen LogP contribution < -0.4 is 5.32 Å². The number of piperidine rings is 1. The van der Waals surface area contributed by atoms with E-state index in [0.29, 0.717) is 35.9 Å². The first-order valence-electron chi connectivity index (χ1n) is 9.48. The lowest BCUT2D eigenvalue weighted by molar-refractivity contribution is 0.266. The number of hydrogen-bond acceptors (Lipinski definition) is 3. The van der Waals surface area contributed by atoms with Crippen molar-refractivity contribution >= 4 is 10.0 Å². The first kappa shape index (κ1) is 17.7. The molecule has 2 aromatic rings. The van der Waals surface area contributed by atoms with Crippen LogP contribution in [0.3, 0.4) is 0 Å². The highest BCUT2D eigenvalue weighted by molar-refractivity contribution is 7.89. The molecule has 1 aliphatic heterocycles. The lowest BCUT2D eigenvalue weighted by atomic mass is 9.98. The Morgan fingerprint density at radius 1 is 0.923 bits per heavy atom. The molecular formula is C21H26N2O2S. The van der Waals surface area contributed by atoms with Crippen LogP contribution in [0.4, 0.5) is 0 Å². The average Bonchev–Trinajstić information content (AvgIpc) is 3.48. The Bertz CT molecular complexity index is 816. The molecule has 138 valence electrons. The van der Waals surface area contributed by atoms with Gasteiger partial charge in [0.2, 0.25) is 10.0 Å². The van der Waals surface area contributed by atoms with Crippen LogP contribution in [-0.4, -0.2) is 38.4 Å². The SMILES string of the molecule is O=S(=O)(c1ccccc1)N1CCC(CN[C@H]2CC2c2ccccc2)CC1. The van der Waals surface area contributed by atoms with Gasteiger partial charge < -0.3 is 5.32 Å². The van der Waals surface area contributed by atoms with Crippen LogP contribution in [0.1, 0.15) is 30.7 Å². The highest BCUT2D eigenvalue weighted by atomic mass is 32.2. The van der Waals surface area contributed by atoms with Crippen molar-refractivity contribution in [3.8, 4) is 0 Å². The molecule has 1 saturated carbocycles. The molecule has 2 atom stereocenters. The van der Waals surface area contributed by atoms with Gasteiger partial charge in [-0.1, -0.05) is 48.5 Å². The Kier molecular flexibility index (Phi) is 5.11. The predicted octanol–water partition coefficient (Wildman–Crippen LogP) is 3.23. The number of nitrogens with zero attached hydrogens (tertiary/aromatic N) is 1. The molecule has 4 rings (SSSR count). The Labute approximate surface area is 156 Å². The van der Waals surface area contributed by atoms with Crippen molar-refractivity contribution < 1.29 is 8.42 Å². The van der Waals surface area contributed by atoms with E-state index in [1.165, 1.54) is 12.0 Å². The van der Waals surface area contributed by atoms with Gasteiger partial charge in [-0.05, 0) is 49.4 Å². The Morgan fingerprint density at radius 3 is 2.19 bits per heavy atom. The van der Waals surface area contributed by atoms with Crippen LogP contribution in [0.2, 0.25) is 0 Å². The maximum Gasteiger partial charge on any atom is 0.243 e. The summed E-state index contributed by atoms with van der Waals surface area (Å²) in [5.74, 6) is 1.21. The van der Waals surface area contributed by atoms with E-state index in [0.717, 1.165) is 19.4 Å². The molecule has 0 radical (unpaired) electrons. The van der Waals surface area contributed by atoms with Gasteiger partial charge in [-0.3, -0.25) is 0 Å². The van der Waals surface area contributed by atoms with Crippen molar-refractivity contribution in [1.29, 1.82) is 0 Å². The maximum absolute atomic E-state index is 12.7. The second kappa shape index (κ2) is 7.51. The summed E-state index contributed by atoms with van der Waals surface area (Å²) in [6.07, 6.45) is 3.08. The Morgan fingerprint density at radius 2 is 1.54 bits per heavy atom. The van der Waals surface area contributed by atoms with E-state index >= 15 is 0 Å². The first-order chi connectivity index (χ1) is 12.6. The van der Waals surface area contributed by atoms with Gasteiger partial charge in [0.25, 0.3) is 0 Å². The standard InChI is InChI=1S/C21H26N2O2S/c24-26(25,19-9-5-2-6-10-19)23-13-11-17(12-14-23)16-22-21-15-20(21)18-7-3-1-4-8-18/h1-10,17,20-22H,11-16H2/t20?,21-/m0/s1. The fraction of sp³-hybridized carbons (Fsp3) is 0.429. The van der Waals surface area contributed by atoms with E-state index in [-0.39, 0.29) is 0 Å². The predicted molar refractivity (Wildman–Crippen MR) is 104 cm³/mol. The van der Waals surface area contributed by atoms with Gasteiger partial charge >= 0.3 is 0 Å². The van der Waals surface area contributed by atoms with Crippen LogP contribution >= 0.6 is 0 Å². The fourth-order valence-electron chi connectivity index (χ4n) is 3.90. The zero-order valence-corrected chi connectivity index (χ0v) is 15.7. The van der Waals surface area contributed by atoms with Crippen LogP contribution in [-0.2, 0) is 10.0 Å². The molecule has 0 amide bonds. The maximum atomic E-state index is 12.7. The Hall–Kier alpha value is -1.69. The monoisotopic (exact) mass is 370 g/mol. The van der Waals surface area contributed by atoms with Gasteiger partial charge in [-0.2, -0.15) is 4.31 Å². The summed E-state index contributed by atoms with van der Waals surface area (Å²) in [6.45, 7) is 2.24. The molecule has 1 N–H and O–H groups in total. The molecule has 1 unspecified atom stereocenters. The molecule has 0 aromatic heterocycles. The number of rotatable bonds is 6. The van der Waals surface area contributed by atoms with Crippen LogP contribution in [0.5, 0.6) is 0 Å². The smallest absolute Gasteiger partial charge is 0.243 e. The molecule has 1 heterocycles.